The molecule has 2 aromatic rings. The van der Waals surface area contributed by atoms with Crippen molar-refractivity contribution in [3.63, 3.8) is 0 Å². The highest BCUT2D eigenvalue weighted by Gasteiger charge is 2.16. The van der Waals surface area contributed by atoms with E-state index in [4.69, 9.17) is 49.0 Å². The number of esters is 1. The largest absolute Gasteiger partial charge is 0.479 e. The van der Waals surface area contributed by atoms with Gasteiger partial charge in [0.1, 0.15) is 23.1 Å². The molecule has 2 rings (SSSR count). The van der Waals surface area contributed by atoms with Crippen molar-refractivity contribution < 1.29 is 19.0 Å². The maximum Gasteiger partial charge on any atom is 0.347 e. The third kappa shape index (κ3) is 5.81. The van der Waals surface area contributed by atoms with Gasteiger partial charge in [0.05, 0.1) is 5.02 Å². The zero-order chi connectivity index (χ0) is 18.2. The Hall–Kier alpha value is -1.95. The van der Waals surface area contributed by atoms with Crippen LogP contribution in [0.1, 0.15) is 6.92 Å². The lowest BCUT2D eigenvalue weighted by molar-refractivity contribution is -0.149. The summed E-state index contributed by atoms with van der Waals surface area (Å²) in [7, 11) is 0. The summed E-state index contributed by atoms with van der Waals surface area (Å²) in [5.74, 6) is 0.679. The molecule has 1 aromatic heterocycles. The number of halogens is 3. The van der Waals surface area contributed by atoms with Crippen LogP contribution in [0.5, 0.6) is 17.4 Å². The lowest BCUT2D eigenvalue weighted by atomic mass is 10.3. The number of hydrogen-bond acceptors (Lipinski definition) is 5. The fraction of sp³-hybridized carbons (Fsp3) is 0.176. The van der Waals surface area contributed by atoms with Crippen LogP contribution in [0, 0.1) is 0 Å². The molecule has 0 N–H and O–H groups in total. The average molecular weight is 403 g/mol. The zero-order valence-corrected chi connectivity index (χ0v) is 15.4. The molecule has 5 nitrogen and oxygen atoms in total. The van der Waals surface area contributed by atoms with Crippen LogP contribution < -0.4 is 9.47 Å². The number of hydrogen-bond donors (Lipinski definition) is 0. The molecule has 1 unspecified atom stereocenters. The van der Waals surface area contributed by atoms with Crippen molar-refractivity contribution in [3.05, 3.63) is 58.2 Å². The standard InChI is InChI=1S/C17H14Cl3NO4/c1-11(17(22)23-10-2-8-18)24-12-3-5-13(6-4-12)25-16-15(20)14(19)7-9-21-16/h2-9,11H,10H2,1H3/b8-2+. The number of rotatable bonds is 7. The monoisotopic (exact) mass is 401 g/mol. The van der Waals surface area contributed by atoms with E-state index < -0.39 is 12.1 Å². The van der Waals surface area contributed by atoms with Gasteiger partial charge in [-0.25, -0.2) is 9.78 Å². The first kappa shape index (κ1) is 19.4. The van der Waals surface area contributed by atoms with Gasteiger partial charge in [-0.15, -0.1) is 0 Å². The fourth-order valence-corrected chi connectivity index (χ4v) is 2.07. The smallest absolute Gasteiger partial charge is 0.347 e. The van der Waals surface area contributed by atoms with Gasteiger partial charge < -0.3 is 14.2 Å². The van der Waals surface area contributed by atoms with Crippen LogP contribution in [0.25, 0.3) is 0 Å². The summed E-state index contributed by atoms with van der Waals surface area (Å²) in [5.41, 5.74) is 1.28. The van der Waals surface area contributed by atoms with E-state index in [0.717, 1.165) is 0 Å². The van der Waals surface area contributed by atoms with Crippen molar-refractivity contribution in [2.24, 2.45) is 0 Å². The van der Waals surface area contributed by atoms with Gasteiger partial charge in [0, 0.05) is 11.7 Å². The molecule has 0 bridgehead atoms. The third-order valence-corrected chi connectivity index (χ3v) is 3.86. The second-order valence-corrected chi connectivity index (χ2v) is 5.77. The predicted octanol–water partition coefficient (Wildman–Crippen LogP) is 5.24. The number of carbonyl (C=O) groups excluding carboxylic acids is 1. The van der Waals surface area contributed by atoms with E-state index in [9.17, 15) is 4.79 Å². The molecule has 0 fully saturated rings. The molecule has 0 aliphatic rings. The Morgan fingerprint density at radius 2 is 1.88 bits per heavy atom. The zero-order valence-electron chi connectivity index (χ0n) is 13.1. The number of ether oxygens (including phenoxy) is 3. The Morgan fingerprint density at radius 1 is 1.20 bits per heavy atom. The first-order valence-corrected chi connectivity index (χ1v) is 8.37. The van der Waals surface area contributed by atoms with E-state index in [1.165, 1.54) is 17.8 Å². The van der Waals surface area contributed by atoms with Crippen molar-refractivity contribution in [1.29, 1.82) is 0 Å². The lowest BCUT2D eigenvalue weighted by Gasteiger charge is -2.14. The number of nitrogens with zero attached hydrogens (tertiary/aromatic N) is 1. The predicted molar refractivity (Wildman–Crippen MR) is 96.8 cm³/mol. The maximum absolute atomic E-state index is 11.7. The van der Waals surface area contributed by atoms with Gasteiger partial charge in [-0.1, -0.05) is 34.8 Å². The van der Waals surface area contributed by atoms with Crippen LogP contribution >= 0.6 is 34.8 Å². The third-order valence-electron chi connectivity index (χ3n) is 2.90. The highest BCUT2D eigenvalue weighted by Crippen LogP contribution is 2.33. The molecule has 132 valence electrons. The second-order valence-electron chi connectivity index (χ2n) is 4.74. The lowest BCUT2D eigenvalue weighted by Crippen LogP contribution is -2.26. The molecule has 1 aromatic carbocycles. The highest BCUT2D eigenvalue weighted by atomic mass is 35.5. The minimum atomic E-state index is -0.764. The summed E-state index contributed by atoms with van der Waals surface area (Å²) in [6.45, 7) is 1.68. The van der Waals surface area contributed by atoms with Crippen LogP contribution in [-0.2, 0) is 9.53 Å². The molecule has 8 heteroatoms. The van der Waals surface area contributed by atoms with Crippen molar-refractivity contribution in [3.8, 4) is 17.4 Å². The molecular weight excluding hydrogens is 389 g/mol. The fourth-order valence-electron chi connectivity index (χ4n) is 1.71. The van der Waals surface area contributed by atoms with Gasteiger partial charge in [0.25, 0.3) is 0 Å². The van der Waals surface area contributed by atoms with Crippen LogP contribution in [0.4, 0.5) is 0 Å². The number of aromatic nitrogens is 1. The van der Waals surface area contributed by atoms with E-state index in [2.05, 4.69) is 4.98 Å². The molecule has 1 heterocycles. The van der Waals surface area contributed by atoms with Gasteiger partial charge in [0.15, 0.2) is 6.10 Å². The maximum atomic E-state index is 11.7. The van der Waals surface area contributed by atoms with Crippen LogP contribution in [0.15, 0.2) is 48.1 Å². The van der Waals surface area contributed by atoms with Crippen molar-refractivity contribution in [2.75, 3.05) is 6.61 Å². The first-order chi connectivity index (χ1) is 12.0. The number of benzene rings is 1. The molecule has 0 spiro atoms. The van der Waals surface area contributed by atoms with Crippen LogP contribution in [-0.4, -0.2) is 23.7 Å². The van der Waals surface area contributed by atoms with Crippen LogP contribution in [0.3, 0.4) is 0 Å². The second kappa shape index (κ2) is 9.51. The summed E-state index contributed by atoms with van der Waals surface area (Å²) < 4.78 is 16.0. The minimum Gasteiger partial charge on any atom is -0.479 e. The molecule has 0 aliphatic heterocycles. The Balaban J connectivity index is 1.95. The first-order valence-electron chi connectivity index (χ1n) is 7.17. The number of carbonyl (C=O) groups is 1. The van der Waals surface area contributed by atoms with Gasteiger partial charge in [-0.2, -0.15) is 0 Å². The van der Waals surface area contributed by atoms with Gasteiger partial charge in [0.2, 0.25) is 5.88 Å². The van der Waals surface area contributed by atoms with E-state index in [-0.39, 0.29) is 17.5 Å². The molecular formula is C17H14Cl3NO4. The molecule has 0 saturated carbocycles. The molecule has 0 aliphatic carbocycles. The Bertz CT molecular complexity index is 750. The summed E-state index contributed by atoms with van der Waals surface area (Å²) in [6.07, 6.45) is 2.24. The summed E-state index contributed by atoms with van der Waals surface area (Å²) in [4.78, 5) is 15.7. The average Bonchev–Trinajstić information content (AvgIpc) is 2.60. The van der Waals surface area contributed by atoms with Gasteiger partial charge >= 0.3 is 5.97 Å². The van der Waals surface area contributed by atoms with Gasteiger partial charge in [-0.3, -0.25) is 0 Å². The Kier molecular flexibility index (Phi) is 7.37. The summed E-state index contributed by atoms with van der Waals surface area (Å²) in [5, 5.41) is 0.579. The topological polar surface area (TPSA) is 57.7 Å². The van der Waals surface area contributed by atoms with E-state index in [1.54, 1.807) is 37.3 Å². The number of pyridine rings is 1. The summed E-state index contributed by atoms with van der Waals surface area (Å²) >= 11 is 17.3. The van der Waals surface area contributed by atoms with Crippen LogP contribution in [0.2, 0.25) is 10.0 Å². The molecule has 0 amide bonds. The highest BCUT2D eigenvalue weighted by molar-refractivity contribution is 6.42. The minimum absolute atomic E-state index is 0.0935. The molecule has 0 radical (unpaired) electrons. The SMILES string of the molecule is CC(Oc1ccc(Oc2nccc(Cl)c2Cl)cc1)C(=O)OC/C=C/Cl. The normalized spacial score (nSPS) is 12.0. The van der Waals surface area contributed by atoms with Crippen molar-refractivity contribution in [1.82, 2.24) is 4.98 Å². The molecule has 0 saturated heterocycles. The van der Waals surface area contributed by atoms with E-state index in [0.29, 0.717) is 16.5 Å². The van der Waals surface area contributed by atoms with E-state index >= 15 is 0 Å². The Labute approximate surface area is 160 Å². The molecule has 25 heavy (non-hydrogen) atoms. The Morgan fingerprint density at radius 3 is 2.56 bits per heavy atom. The van der Waals surface area contributed by atoms with E-state index in [1.807, 2.05) is 0 Å². The summed E-state index contributed by atoms with van der Waals surface area (Å²) in [6, 6.07) is 8.18. The molecule has 1 atom stereocenters. The van der Waals surface area contributed by atoms with Gasteiger partial charge in [-0.05, 0) is 43.3 Å². The quantitative estimate of drug-likeness (QED) is 0.592. The van der Waals surface area contributed by atoms with Crippen molar-refractivity contribution >= 4 is 40.8 Å². The van der Waals surface area contributed by atoms with Crippen molar-refractivity contribution in [2.45, 2.75) is 13.0 Å².